The predicted molar refractivity (Wildman–Crippen MR) is 124 cm³/mol. The van der Waals surface area contributed by atoms with E-state index in [-0.39, 0.29) is 59.6 Å². The Labute approximate surface area is 197 Å². The fraction of sp³-hybridized carbons (Fsp3) is 0.545. The van der Waals surface area contributed by atoms with Crippen LogP contribution in [0.4, 0.5) is 5.69 Å². The van der Waals surface area contributed by atoms with Gasteiger partial charge in [0.1, 0.15) is 39.1 Å². The first kappa shape index (κ1) is 24.5. The number of fused-ring (bicyclic) bond motifs is 1. The van der Waals surface area contributed by atoms with Crippen LogP contribution in [0.1, 0.15) is 45.0 Å². The van der Waals surface area contributed by atoms with Gasteiger partial charge in [-0.1, -0.05) is 10.3 Å². The van der Waals surface area contributed by atoms with Crippen LogP contribution >= 0.6 is 0 Å². The van der Waals surface area contributed by atoms with E-state index >= 15 is 0 Å². The average Bonchev–Trinajstić information content (AvgIpc) is 3.16. The zero-order valence-electron chi connectivity index (χ0n) is 19.3. The predicted octanol–water partition coefficient (Wildman–Crippen LogP) is 1.22. The first-order valence-electron chi connectivity index (χ1n) is 11.1. The van der Waals surface area contributed by atoms with Crippen LogP contribution in [0.3, 0.4) is 0 Å². The maximum atomic E-state index is 13.3. The third-order valence-electron chi connectivity index (χ3n) is 5.90. The van der Waals surface area contributed by atoms with Crippen molar-refractivity contribution in [2.75, 3.05) is 23.7 Å². The standard InChI is InChI=1S/C22H28N4O7S/c1-13(2)33-22(9-10-32-11-22)12-34(30,31)25-16-6-4-5-15-19(16)23-14(3)26(21(15)29)17-7-8-18(27)24-20(17)28/h4-6,13,17H,7-12H2,1-3H3,(H2-,24,25,27,28,30,31). The lowest BCUT2D eigenvalue weighted by atomic mass is 10.1. The van der Waals surface area contributed by atoms with Crippen LogP contribution in [0.15, 0.2) is 23.0 Å². The fourth-order valence-corrected chi connectivity index (χ4v) is 6.15. The number of anilines is 1. The number of para-hydroxylation sites is 1. The van der Waals surface area contributed by atoms with Crippen LogP contribution in [0.5, 0.6) is 0 Å². The number of hydrogen-bond donors (Lipinski definition) is 2. The molecular formula is C22H28N4O7S. The minimum absolute atomic E-state index is 0.115. The number of rotatable bonds is 7. The lowest BCUT2D eigenvalue weighted by Crippen LogP contribution is -2.46. The van der Waals surface area contributed by atoms with Gasteiger partial charge in [0, 0.05) is 19.4 Å². The van der Waals surface area contributed by atoms with Gasteiger partial charge in [0.05, 0.1) is 18.1 Å². The van der Waals surface area contributed by atoms with Crippen LogP contribution < -0.4 is 15.6 Å². The van der Waals surface area contributed by atoms with Gasteiger partial charge in [0.25, 0.3) is 5.56 Å². The largest absolute Gasteiger partial charge is 0.593 e. The second kappa shape index (κ2) is 9.17. The number of hydrogen-bond acceptors (Lipinski definition) is 8. The highest BCUT2D eigenvalue weighted by molar-refractivity contribution is 7.98. The molecule has 0 radical (unpaired) electrons. The third-order valence-corrected chi connectivity index (χ3v) is 7.34. The highest BCUT2D eigenvalue weighted by atomic mass is 32.3. The molecule has 1 aromatic carbocycles. The topological polar surface area (TPSA) is 152 Å². The molecule has 0 saturated carbocycles. The van der Waals surface area contributed by atoms with E-state index in [1.165, 1.54) is 16.7 Å². The number of aryl methyl sites for hydroxylation is 1. The van der Waals surface area contributed by atoms with Crippen molar-refractivity contribution >= 4 is 38.8 Å². The Hall–Kier alpha value is -2.67. The van der Waals surface area contributed by atoms with Gasteiger partial charge < -0.3 is 14.0 Å². The number of carbonyl (C=O) groups excluding carboxylic acids is 2. The summed E-state index contributed by atoms with van der Waals surface area (Å²) in [6.45, 7) is 5.83. The smallest absolute Gasteiger partial charge is 0.262 e. The van der Waals surface area contributed by atoms with Crippen molar-refractivity contribution in [3.05, 3.63) is 34.4 Å². The fourth-order valence-electron chi connectivity index (χ4n) is 4.59. The second-order valence-electron chi connectivity index (χ2n) is 9.02. The quantitative estimate of drug-likeness (QED) is 0.432. The third kappa shape index (κ3) is 4.90. The van der Waals surface area contributed by atoms with E-state index < -0.39 is 33.5 Å². The van der Waals surface area contributed by atoms with Gasteiger partial charge in [0.2, 0.25) is 11.8 Å². The van der Waals surface area contributed by atoms with Crippen molar-refractivity contribution in [3.8, 4) is 0 Å². The number of nitrogens with one attached hydrogen (secondary N) is 2. The van der Waals surface area contributed by atoms with Gasteiger partial charge >= 0.3 is 0 Å². The Kier molecular flexibility index (Phi) is 6.60. The van der Waals surface area contributed by atoms with Gasteiger partial charge in [-0.05, 0) is 39.3 Å². The van der Waals surface area contributed by atoms with Gasteiger partial charge in [0.15, 0.2) is 5.75 Å². The Morgan fingerprint density at radius 3 is 2.79 bits per heavy atom. The molecule has 184 valence electrons. The van der Waals surface area contributed by atoms with E-state index in [4.69, 9.17) is 9.47 Å². The summed E-state index contributed by atoms with van der Waals surface area (Å²) in [5, 5.41) is 2.40. The summed E-state index contributed by atoms with van der Waals surface area (Å²) in [5.74, 6) is -1.01. The monoisotopic (exact) mass is 492 g/mol. The molecule has 2 aromatic rings. The SMILES string of the molecule is Cc1nc2c(N[S+](=O)([O-])CC3(OC(C)C)CCOC3)cccc2c(=O)n1C1CCC(=O)NC1=O. The lowest BCUT2D eigenvalue weighted by Gasteiger charge is -2.31. The number of amides is 2. The molecule has 0 spiro atoms. The van der Waals surface area contributed by atoms with Crippen molar-refractivity contribution < 1.29 is 27.8 Å². The number of imide groups is 1. The summed E-state index contributed by atoms with van der Waals surface area (Å²) >= 11 is 0. The summed E-state index contributed by atoms with van der Waals surface area (Å²) in [6.07, 6.45) is 0.578. The van der Waals surface area contributed by atoms with E-state index in [1.54, 1.807) is 13.0 Å². The van der Waals surface area contributed by atoms with Crippen molar-refractivity contribution in [2.24, 2.45) is 0 Å². The summed E-state index contributed by atoms with van der Waals surface area (Å²) < 4.78 is 41.4. The summed E-state index contributed by atoms with van der Waals surface area (Å²) in [7, 11) is -3.89. The normalized spacial score (nSPS) is 24.9. The van der Waals surface area contributed by atoms with Crippen LogP contribution in [-0.2, 0) is 33.7 Å². The zero-order valence-corrected chi connectivity index (χ0v) is 20.1. The number of nitrogens with zero attached hydrogens (tertiary/aromatic N) is 2. The Bertz CT molecular complexity index is 1240. The van der Waals surface area contributed by atoms with E-state index in [2.05, 4.69) is 15.0 Å². The first-order chi connectivity index (χ1) is 16.0. The molecule has 3 unspecified atom stereocenters. The molecule has 34 heavy (non-hydrogen) atoms. The van der Waals surface area contributed by atoms with Crippen LogP contribution in [0, 0.1) is 6.92 Å². The minimum Gasteiger partial charge on any atom is -0.593 e. The van der Waals surface area contributed by atoms with E-state index in [0.717, 1.165) is 0 Å². The summed E-state index contributed by atoms with van der Waals surface area (Å²) in [4.78, 5) is 41.6. The molecule has 12 heteroatoms. The van der Waals surface area contributed by atoms with Gasteiger partial charge in [-0.3, -0.25) is 24.3 Å². The molecule has 2 amide bonds. The van der Waals surface area contributed by atoms with E-state index in [0.29, 0.717) is 13.0 Å². The molecule has 2 aliphatic rings. The van der Waals surface area contributed by atoms with Crippen molar-refractivity contribution in [3.63, 3.8) is 0 Å². The summed E-state index contributed by atoms with van der Waals surface area (Å²) in [6, 6.07) is 3.74. The number of aromatic nitrogens is 2. The van der Waals surface area contributed by atoms with Gasteiger partial charge in [-0.25, -0.2) is 9.71 Å². The molecule has 1 aromatic heterocycles. The van der Waals surface area contributed by atoms with Crippen molar-refractivity contribution in [2.45, 2.75) is 57.8 Å². The zero-order chi connectivity index (χ0) is 24.7. The number of piperidine rings is 1. The molecular weight excluding hydrogens is 464 g/mol. The van der Waals surface area contributed by atoms with Crippen molar-refractivity contribution in [1.82, 2.24) is 14.9 Å². The Morgan fingerprint density at radius 2 is 2.15 bits per heavy atom. The maximum absolute atomic E-state index is 13.3. The summed E-state index contributed by atoms with van der Waals surface area (Å²) in [5.41, 5.74) is -1.10. The van der Waals surface area contributed by atoms with E-state index in [1.807, 2.05) is 13.8 Å². The molecule has 2 aliphatic heterocycles. The molecule has 11 nitrogen and oxygen atoms in total. The average molecular weight is 493 g/mol. The molecule has 2 fully saturated rings. The molecule has 0 aliphatic carbocycles. The molecule has 2 N–H and O–H groups in total. The number of carbonyl (C=O) groups is 2. The van der Waals surface area contributed by atoms with Crippen LogP contribution in [-0.4, -0.2) is 56.6 Å². The molecule has 3 heterocycles. The van der Waals surface area contributed by atoms with Gasteiger partial charge in [-0.2, -0.15) is 0 Å². The van der Waals surface area contributed by atoms with Crippen LogP contribution in [0.25, 0.3) is 10.9 Å². The second-order valence-corrected chi connectivity index (χ2v) is 10.7. The van der Waals surface area contributed by atoms with Crippen LogP contribution in [0.2, 0.25) is 0 Å². The molecule has 0 bridgehead atoms. The first-order valence-corrected chi connectivity index (χ1v) is 12.8. The van der Waals surface area contributed by atoms with Gasteiger partial charge in [-0.15, -0.1) is 0 Å². The lowest BCUT2D eigenvalue weighted by molar-refractivity contribution is -0.135. The number of sulfonamides is 1. The number of benzene rings is 1. The molecule has 3 atom stereocenters. The van der Waals surface area contributed by atoms with E-state index in [9.17, 15) is 23.1 Å². The highest BCUT2D eigenvalue weighted by Crippen LogP contribution is 2.30. The molecule has 2 saturated heterocycles. The Balaban J connectivity index is 1.68. The minimum atomic E-state index is -3.89. The Morgan fingerprint density at radius 1 is 1.38 bits per heavy atom. The number of ether oxygens (including phenoxy) is 2. The highest BCUT2D eigenvalue weighted by Gasteiger charge is 2.44. The molecule has 4 rings (SSSR count). The van der Waals surface area contributed by atoms with Crippen molar-refractivity contribution in [1.29, 1.82) is 0 Å². The maximum Gasteiger partial charge on any atom is 0.262 e.